The minimum Gasteiger partial charge on any atom is -0.391 e. The molecule has 0 bridgehead atoms. The van der Waals surface area contributed by atoms with E-state index in [0.717, 1.165) is 18.5 Å². The number of rotatable bonds is 1. The van der Waals surface area contributed by atoms with Gasteiger partial charge in [0.25, 0.3) is 0 Å². The van der Waals surface area contributed by atoms with Crippen molar-refractivity contribution in [1.82, 2.24) is 4.90 Å². The molecule has 0 aliphatic carbocycles. The molecule has 1 aromatic carbocycles. The van der Waals surface area contributed by atoms with Gasteiger partial charge < -0.3 is 15.3 Å². The highest BCUT2D eigenvalue weighted by Crippen LogP contribution is 2.28. The summed E-state index contributed by atoms with van der Waals surface area (Å²) in [5.74, 6) is 0. The second-order valence-corrected chi connectivity index (χ2v) is 5.26. The molecule has 1 aliphatic heterocycles. The number of amides is 2. The van der Waals surface area contributed by atoms with Crippen molar-refractivity contribution in [3.63, 3.8) is 0 Å². The van der Waals surface area contributed by atoms with E-state index in [9.17, 15) is 9.90 Å². The summed E-state index contributed by atoms with van der Waals surface area (Å²) < 4.78 is 0. The van der Waals surface area contributed by atoms with E-state index in [-0.39, 0.29) is 6.03 Å². The van der Waals surface area contributed by atoms with Gasteiger partial charge in [0.2, 0.25) is 0 Å². The zero-order valence-electron chi connectivity index (χ0n) is 10.9. The average molecular weight is 248 g/mol. The Morgan fingerprint density at radius 1 is 1.39 bits per heavy atom. The van der Waals surface area contributed by atoms with Crippen LogP contribution in [0.3, 0.4) is 0 Å². The molecule has 1 saturated heterocycles. The number of aliphatic hydroxyl groups is 1. The molecule has 2 rings (SSSR count). The van der Waals surface area contributed by atoms with Crippen molar-refractivity contribution in [2.24, 2.45) is 0 Å². The average Bonchev–Trinajstić information content (AvgIpc) is 2.33. The van der Waals surface area contributed by atoms with Gasteiger partial charge in [-0.2, -0.15) is 0 Å². The fourth-order valence-electron chi connectivity index (χ4n) is 2.34. The molecule has 1 heterocycles. The third-order valence-electron chi connectivity index (χ3n) is 3.64. The van der Waals surface area contributed by atoms with Gasteiger partial charge in [0, 0.05) is 12.2 Å². The number of piperidine rings is 1. The molecule has 4 nitrogen and oxygen atoms in total. The lowest BCUT2D eigenvalue weighted by molar-refractivity contribution is -0.0174. The van der Waals surface area contributed by atoms with Gasteiger partial charge in [-0.15, -0.1) is 0 Å². The molecule has 4 heteroatoms. The van der Waals surface area contributed by atoms with Gasteiger partial charge in [-0.1, -0.05) is 18.2 Å². The third-order valence-corrected chi connectivity index (χ3v) is 3.64. The molecule has 2 amide bonds. The maximum atomic E-state index is 12.2. The Hall–Kier alpha value is -1.55. The van der Waals surface area contributed by atoms with Gasteiger partial charge in [0.05, 0.1) is 11.6 Å². The molecule has 1 aromatic rings. The zero-order chi connectivity index (χ0) is 13.2. The summed E-state index contributed by atoms with van der Waals surface area (Å²) in [5, 5.41) is 12.9. The van der Waals surface area contributed by atoms with Crippen LogP contribution >= 0.6 is 0 Å². The summed E-state index contributed by atoms with van der Waals surface area (Å²) in [6.45, 7) is 4.49. The van der Waals surface area contributed by atoms with Crippen LogP contribution in [0.25, 0.3) is 0 Å². The zero-order valence-corrected chi connectivity index (χ0v) is 10.9. The third kappa shape index (κ3) is 2.48. The van der Waals surface area contributed by atoms with Crippen molar-refractivity contribution >= 4 is 11.7 Å². The number of para-hydroxylation sites is 1. The molecule has 1 fully saturated rings. The number of carbonyl (C=O) groups excluding carboxylic acids is 1. The molecule has 1 unspecified atom stereocenters. The van der Waals surface area contributed by atoms with Crippen LogP contribution in [0.1, 0.15) is 26.7 Å². The predicted molar refractivity (Wildman–Crippen MR) is 71.5 cm³/mol. The number of urea groups is 1. The monoisotopic (exact) mass is 248 g/mol. The molecule has 0 spiro atoms. The minimum atomic E-state index is -0.517. The summed E-state index contributed by atoms with van der Waals surface area (Å²) in [4.78, 5) is 13.9. The Kier molecular flexibility index (Phi) is 3.57. The van der Waals surface area contributed by atoms with Crippen molar-refractivity contribution in [3.8, 4) is 0 Å². The standard InChI is InChI=1S/C14H20N2O2/c1-14(2)12(17)9-6-10-16(14)13(18)15-11-7-4-3-5-8-11/h3-5,7-8,12,17H,6,9-10H2,1-2H3,(H,15,18). The lowest BCUT2D eigenvalue weighted by atomic mass is 9.87. The van der Waals surface area contributed by atoms with Gasteiger partial charge >= 0.3 is 6.03 Å². The molecule has 18 heavy (non-hydrogen) atoms. The molecular weight excluding hydrogens is 228 g/mol. The Morgan fingerprint density at radius 3 is 2.72 bits per heavy atom. The lowest BCUT2D eigenvalue weighted by Crippen LogP contribution is -2.59. The van der Waals surface area contributed by atoms with E-state index in [0.29, 0.717) is 6.54 Å². The van der Waals surface area contributed by atoms with E-state index in [2.05, 4.69) is 5.32 Å². The van der Waals surface area contributed by atoms with Crippen molar-refractivity contribution < 1.29 is 9.90 Å². The molecule has 98 valence electrons. The Balaban J connectivity index is 2.09. The number of benzene rings is 1. The Bertz CT molecular complexity index is 417. The fourth-order valence-corrected chi connectivity index (χ4v) is 2.34. The van der Waals surface area contributed by atoms with Crippen LogP contribution in [0, 0.1) is 0 Å². The van der Waals surface area contributed by atoms with E-state index in [1.54, 1.807) is 4.90 Å². The van der Waals surface area contributed by atoms with Crippen LogP contribution in [-0.2, 0) is 0 Å². The summed E-state index contributed by atoms with van der Waals surface area (Å²) in [5.41, 5.74) is 0.260. The van der Waals surface area contributed by atoms with Crippen molar-refractivity contribution in [1.29, 1.82) is 0 Å². The number of aliphatic hydroxyl groups excluding tert-OH is 1. The lowest BCUT2D eigenvalue weighted by Gasteiger charge is -2.45. The maximum Gasteiger partial charge on any atom is 0.322 e. The van der Waals surface area contributed by atoms with Gasteiger partial charge in [0.15, 0.2) is 0 Å². The highest BCUT2D eigenvalue weighted by atomic mass is 16.3. The molecule has 1 atom stereocenters. The van der Waals surface area contributed by atoms with Gasteiger partial charge in [-0.3, -0.25) is 0 Å². The summed E-state index contributed by atoms with van der Waals surface area (Å²) in [7, 11) is 0. The SMILES string of the molecule is CC1(C)C(O)CCCN1C(=O)Nc1ccccc1. The Labute approximate surface area is 108 Å². The van der Waals surface area contributed by atoms with E-state index >= 15 is 0 Å². The summed E-state index contributed by atoms with van der Waals surface area (Å²) in [6.07, 6.45) is 1.13. The van der Waals surface area contributed by atoms with Crippen LogP contribution < -0.4 is 5.32 Å². The first kappa shape index (κ1) is 12.9. The number of carbonyl (C=O) groups is 1. The van der Waals surface area contributed by atoms with Crippen LogP contribution in [0.4, 0.5) is 10.5 Å². The van der Waals surface area contributed by atoms with Gasteiger partial charge in [0.1, 0.15) is 0 Å². The second-order valence-electron chi connectivity index (χ2n) is 5.26. The van der Waals surface area contributed by atoms with E-state index in [1.165, 1.54) is 0 Å². The van der Waals surface area contributed by atoms with Gasteiger partial charge in [-0.05, 0) is 38.8 Å². The number of anilines is 1. The smallest absolute Gasteiger partial charge is 0.322 e. The molecule has 0 saturated carbocycles. The number of hydrogen-bond acceptors (Lipinski definition) is 2. The first-order chi connectivity index (χ1) is 8.51. The maximum absolute atomic E-state index is 12.2. The van der Waals surface area contributed by atoms with E-state index in [4.69, 9.17) is 0 Å². The molecule has 0 aromatic heterocycles. The summed E-state index contributed by atoms with van der Waals surface area (Å²) in [6, 6.07) is 9.23. The highest BCUT2D eigenvalue weighted by molar-refractivity contribution is 5.89. The molecule has 1 aliphatic rings. The minimum absolute atomic E-state index is 0.148. The number of likely N-dealkylation sites (tertiary alicyclic amines) is 1. The van der Waals surface area contributed by atoms with Crippen molar-refractivity contribution in [2.45, 2.75) is 38.3 Å². The van der Waals surface area contributed by atoms with Gasteiger partial charge in [-0.25, -0.2) is 4.79 Å². The highest BCUT2D eigenvalue weighted by Gasteiger charge is 2.40. The second kappa shape index (κ2) is 4.98. The fraction of sp³-hybridized carbons (Fsp3) is 0.500. The first-order valence-corrected chi connectivity index (χ1v) is 6.33. The molecular formula is C14H20N2O2. The van der Waals surface area contributed by atoms with Crippen molar-refractivity contribution in [3.05, 3.63) is 30.3 Å². The normalized spacial score (nSPS) is 22.6. The first-order valence-electron chi connectivity index (χ1n) is 6.33. The van der Waals surface area contributed by atoms with E-state index < -0.39 is 11.6 Å². The summed E-state index contributed by atoms with van der Waals surface area (Å²) >= 11 is 0. The van der Waals surface area contributed by atoms with Crippen molar-refractivity contribution in [2.75, 3.05) is 11.9 Å². The predicted octanol–water partition coefficient (Wildman–Crippen LogP) is 2.45. The van der Waals surface area contributed by atoms with Crippen LogP contribution in [0.2, 0.25) is 0 Å². The number of nitrogens with zero attached hydrogens (tertiary/aromatic N) is 1. The Morgan fingerprint density at radius 2 is 2.06 bits per heavy atom. The topological polar surface area (TPSA) is 52.6 Å². The largest absolute Gasteiger partial charge is 0.391 e. The van der Waals surface area contributed by atoms with Crippen LogP contribution in [0.15, 0.2) is 30.3 Å². The van der Waals surface area contributed by atoms with Crippen LogP contribution in [-0.4, -0.2) is 34.2 Å². The number of hydrogen-bond donors (Lipinski definition) is 2. The molecule has 2 N–H and O–H groups in total. The van der Waals surface area contributed by atoms with Crippen LogP contribution in [0.5, 0.6) is 0 Å². The molecule has 0 radical (unpaired) electrons. The number of nitrogens with one attached hydrogen (secondary N) is 1. The van der Waals surface area contributed by atoms with E-state index in [1.807, 2.05) is 44.2 Å². The quantitative estimate of drug-likeness (QED) is 0.802.